The van der Waals surface area contributed by atoms with Gasteiger partial charge in [0.2, 0.25) is 0 Å². The third kappa shape index (κ3) is 4.49. The Bertz CT molecular complexity index is 270. The summed E-state index contributed by atoms with van der Waals surface area (Å²) >= 11 is 0. The first kappa shape index (κ1) is 12.3. The van der Waals surface area contributed by atoms with Crippen molar-refractivity contribution in [3.8, 4) is 0 Å². The van der Waals surface area contributed by atoms with Gasteiger partial charge in [-0.25, -0.2) is 0 Å². The van der Waals surface area contributed by atoms with E-state index in [9.17, 15) is 0 Å². The molecule has 1 heterocycles. The summed E-state index contributed by atoms with van der Waals surface area (Å²) in [5.74, 6) is 2.14. The molecule has 1 aromatic rings. The highest BCUT2D eigenvalue weighted by Gasteiger charge is 2.03. The van der Waals surface area contributed by atoms with Crippen LogP contribution >= 0.6 is 0 Å². The highest BCUT2D eigenvalue weighted by atomic mass is 16.3. The van der Waals surface area contributed by atoms with Gasteiger partial charge in [0.1, 0.15) is 11.5 Å². The number of likely N-dealkylation sites (N-methyl/N-ethyl adjacent to an activating group) is 2. The van der Waals surface area contributed by atoms with E-state index in [1.165, 1.54) is 0 Å². The zero-order valence-corrected chi connectivity index (χ0v) is 10.0. The summed E-state index contributed by atoms with van der Waals surface area (Å²) in [7, 11) is 2.12. The smallest absolute Gasteiger partial charge is 0.118 e. The van der Waals surface area contributed by atoms with E-state index < -0.39 is 0 Å². The van der Waals surface area contributed by atoms with Crippen LogP contribution in [0.2, 0.25) is 0 Å². The van der Waals surface area contributed by atoms with Gasteiger partial charge in [-0.1, -0.05) is 13.8 Å². The van der Waals surface area contributed by atoms with Crippen molar-refractivity contribution in [1.29, 1.82) is 0 Å². The van der Waals surface area contributed by atoms with E-state index in [0.717, 1.165) is 44.1 Å². The predicted molar refractivity (Wildman–Crippen MR) is 63.0 cm³/mol. The normalized spacial score (nSPS) is 11.2. The number of hydrogen-bond acceptors (Lipinski definition) is 3. The lowest BCUT2D eigenvalue weighted by atomic mass is 10.3. The van der Waals surface area contributed by atoms with Crippen LogP contribution in [-0.4, -0.2) is 31.6 Å². The Morgan fingerprint density at radius 2 is 2.00 bits per heavy atom. The van der Waals surface area contributed by atoms with E-state index >= 15 is 0 Å². The molecule has 0 amide bonds. The third-order valence-electron chi connectivity index (χ3n) is 2.41. The Morgan fingerprint density at radius 3 is 2.60 bits per heavy atom. The number of furan rings is 1. The first-order valence-corrected chi connectivity index (χ1v) is 5.73. The van der Waals surface area contributed by atoms with E-state index in [1.54, 1.807) is 0 Å². The Morgan fingerprint density at radius 1 is 1.27 bits per heavy atom. The van der Waals surface area contributed by atoms with Gasteiger partial charge in [0.15, 0.2) is 0 Å². The maximum absolute atomic E-state index is 5.65. The highest BCUT2D eigenvalue weighted by Crippen LogP contribution is 2.09. The van der Waals surface area contributed by atoms with Crippen molar-refractivity contribution in [3.05, 3.63) is 23.7 Å². The van der Waals surface area contributed by atoms with Crippen LogP contribution in [0.1, 0.15) is 25.4 Å². The molecular formula is C12H22N2O. The summed E-state index contributed by atoms with van der Waals surface area (Å²) in [6.45, 7) is 8.25. The summed E-state index contributed by atoms with van der Waals surface area (Å²) in [4.78, 5) is 2.26. The van der Waals surface area contributed by atoms with Crippen LogP contribution in [0.15, 0.2) is 16.5 Å². The number of nitrogens with one attached hydrogen (secondary N) is 1. The van der Waals surface area contributed by atoms with Crippen LogP contribution in [0.4, 0.5) is 0 Å². The summed E-state index contributed by atoms with van der Waals surface area (Å²) in [6, 6.07) is 4.13. The van der Waals surface area contributed by atoms with Gasteiger partial charge in [0.05, 0.1) is 6.54 Å². The molecule has 0 aliphatic heterocycles. The molecule has 0 aromatic carbocycles. The lowest BCUT2D eigenvalue weighted by molar-refractivity contribution is 0.291. The van der Waals surface area contributed by atoms with Crippen molar-refractivity contribution in [1.82, 2.24) is 10.2 Å². The minimum absolute atomic E-state index is 0.894. The monoisotopic (exact) mass is 210 g/mol. The standard InChI is InChI=1S/C12H22N2O/c1-4-11-6-7-12(15-11)10-14(3)9-8-13-5-2/h6-7,13H,4-5,8-10H2,1-3H3. The first-order chi connectivity index (χ1) is 7.26. The lowest BCUT2D eigenvalue weighted by Gasteiger charge is -2.14. The maximum atomic E-state index is 5.65. The van der Waals surface area contributed by atoms with Gasteiger partial charge in [0.25, 0.3) is 0 Å². The molecule has 0 unspecified atom stereocenters. The SMILES string of the molecule is CCNCCN(C)Cc1ccc(CC)o1. The van der Waals surface area contributed by atoms with Gasteiger partial charge in [0, 0.05) is 19.5 Å². The Balaban J connectivity index is 2.27. The van der Waals surface area contributed by atoms with Crippen molar-refractivity contribution in [2.24, 2.45) is 0 Å². The van der Waals surface area contributed by atoms with E-state index in [-0.39, 0.29) is 0 Å². The maximum Gasteiger partial charge on any atom is 0.118 e. The molecule has 0 atom stereocenters. The van der Waals surface area contributed by atoms with Crippen molar-refractivity contribution in [3.63, 3.8) is 0 Å². The second kappa shape index (κ2) is 6.64. The molecule has 1 aromatic heterocycles. The molecule has 0 fully saturated rings. The number of rotatable bonds is 7. The molecular weight excluding hydrogens is 188 g/mol. The second-order valence-corrected chi connectivity index (χ2v) is 3.81. The Hall–Kier alpha value is -0.800. The van der Waals surface area contributed by atoms with Gasteiger partial charge in [-0.05, 0) is 25.7 Å². The van der Waals surface area contributed by atoms with Crippen LogP contribution in [0.5, 0.6) is 0 Å². The van der Waals surface area contributed by atoms with Crippen molar-refractivity contribution in [2.45, 2.75) is 26.8 Å². The number of aryl methyl sites for hydroxylation is 1. The van der Waals surface area contributed by atoms with Crippen molar-refractivity contribution >= 4 is 0 Å². The molecule has 1 N–H and O–H groups in total. The molecule has 3 nitrogen and oxygen atoms in total. The molecule has 0 spiro atoms. The average molecular weight is 210 g/mol. The molecule has 0 saturated carbocycles. The quantitative estimate of drug-likeness (QED) is 0.697. The molecule has 86 valence electrons. The Kier molecular flexibility index (Phi) is 5.43. The third-order valence-corrected chi connectivity index (χ3v) is 2.41. The van der Waals surface area contributed by atoms with Gasteiger partial charge in [-0.15, -0.1) is 0 Å². The van der Waals surface area contributed by atoms with Crippen LogP contribution in [0, 0.1) is 0 Å². The molecule has 0 aliphatic carbocycles. The highest BCUT2D eigenvalue weighted by molar-refractivity contribution is 5.06. The van der Waals surface area contributed by atoms with Gasteiger partial charge >= 0.3 is 0 Å². The molecule has 0 bridgehead atoms. The molecule has 1 rings (SSSR count). The Labute approximate surface area is 92.5 Å². The van der Waals surface area contributed by atoms with Crippen molar-refractivity contribution in [2.75, 3.05) is 26.7 Å². The van der Waals surface area contributed by atoms with Crippen LogP contribution < -0.4 is 5.32 Å². The van der Waals surface area contributed by atoms with E-state index in [0.29, 0.717) is 0 Å². The summed E-state index contributed by atoms with van der Waals surface area (Å²) < 4.78 is 5.65. The van der Waals surface area contributed by atoms with Gasteiger partial charge in [-0.2, -0.15) is 0 Å². The molecule has 0 aliphatic rings. The average Bonchev–Trinajstić information content (AvgIpc) is 2.66. The van der Waals surface area contributed by atoms with Gasteiger partial charge in [-0.3, -0.25) is 4.90 Å². The molecule has 0 radical (unpaired) electrons. The van der Waals surface area contributed by atoms with Crippen LogP contribution in [-0.2, 0) is 13.0 Å². The largest absolute Gasteiger partial charge is 0.465 e. The predicted octanol–water partition coefficient (Wildman–Crippen LogP) is 1.88. The van der Waals surface area contributed by atoms with Crippen LogP contribution in [0.25, 0.3) is 0 Å². The fraction of sp³-hybridized carbons (Fsp3) is 0.667. The fourth-order valence-corrected chi connectivity index (χ4v) is 1.49. The summed E-state index contributed by atoms with van der Waals surface area (Å²) in [5.41, 5.74) is 0. The van der Waals surface area contributed by atoms with Crippen molar-refractivity contribution < 1.29 is 4.42 Å². The molecule has 15 heavy (non-hydrogen) atoms. The van der Waals surface area contributed by atoms with Crippen LogP contribution in [0.3, 0.4) is 0 Å². The summed E-state index contributed by atoms with van der Waals surface area (Å²) in [6.07, 6.45) is 0.973. The molecule has 0 saturated heterocycles. The minimum atomic E-state index is 0.894. The fourth-order valence-electron chi connectivity index (χ4n) is 1.49. The zero-order valence-electron chi connectivity index (χ0n) is 10.0. The minimum Gasteiger partial charge on any atom is -0.465 e. The summed E-state index contributed by atoms with van der Waals surface area (Å²) in [5, 5.41) is 3.31. The van der Waals surface area contributed by atoms with E-state index in [4.69, 9.17) is 4.42 Å². The van der Waals surface area contributed by atoms with E-state index in [1.807, 2.05) is 0 Å². The zero-order chi connectivity index (χ0) is 11.1. The molecule has 3 heteroatoms. The lowest BCUT2D eigenvalue weighted by Crippen LogP contribution is -2.28. The van der Waals surface area contributed by atoms with Gasteiger partial charge < -0.3 is 9.73 Å². The first-order valence-electron chi connectivity index (χ1n) is 5.73. The van der Waals surface area contributed by atoms with E-state index in [2.05, 4.69) is 43.2 Å². The number of nitrogens with zero attached hydrogens (tertiary/aromatic N) is 1. The number of hydrogen-bond donors (Lipinski definition) is 1. The topological polar surface area (TPSA) is 28.4 Å². The second-order valence-electron chi connectivity index (χ2n) is 3.81.